The summed E-state index contributed by atoms with van der Waals surface area (Å²) in [5, 5.41) is 1.14. The summed E-state index contributed by atoms with van der Waals surface area (Å²) in [6.45, 7) is 0. The number of carbonyl (C=O) groups is 2. The first-order valence-electron chi connectivity index (χ1n) is 8.51. The summed E-state index contributed by atoms with van der Waals surface area (Å²) in [5.74, 6) is 0.943. The molecular weight excluding hydrogens is 334 g/mol. The van der Waals surface area contributed by atoms with Crippen molar-refractivity contribution >= 4 is 34.5 Å². The summed E-state index contributed by atoms with van der Waals surface area (Å²) in [5.41, 5.74) is 2.24. The number of para-hydroxylation sites is 1. The molecule has 5 nitrogen and oxygen atoms in total. The van der Waals surface area contributed by atoms with Crippen LogP contribution in [-0.4, -0.2) is 64.4 Å². The number of hydrogen-bond acceptors (Lipinski definition) is 3. The minimum Gasteiger partial charge on any atom is -0.350 e. The molecule has 134 valence electrons. The van der Waals surface area contributed by atoms with Gasteiger partial charge in [0.1, 0.15) is 12.1 Å². The van der Waals surface area contributed by atoms with E-state index in [1.807, 2.05) is 25.4 Å². The van der Waals surface area contributed by atoms with E-state index < -0.39 is 6.04 Å². The highest BCUT2D eigenvalue weighted by atomic mass is 32.2. The molecule has 2 amide bonds. The van der Waals surface area contributed by atoms with Gasteiger partial charge in [-0.1, -0.05) is 18.2 Å². The number of benzene rings is 1. The molecule has 3 rings (SSSR count). The maximum Gasteiger partial charge on any atom is 0.246 e. The number of carbonyl (C=O) groups excluding carboxylic acids is 2. The number of hydrogen-bond donors (Lipinski definition) is 0. The Hall–Kier alpha value is -1.95. The van der Waals surface area contributed by atoms with Gasteiger partial charge in [0, 0.05) is 44.7 Å². The average molecular weight is 359 g/mol. The highest BCUT2D eigenvalue weighted by Crippen LogP contribution is 2.26. The maximum absolute atomic E-state index is 12.9. The first-order valence-corrected chi connectivity index (χ1v) is 9.90. The van der Waals surface area contributed by atoms with E-state index >= 15 is 0 Å². The molecule has 0 aliphatic carbocycles. The Morgan fingerprint density at radius 3 is 2.36 bits per heavy atom. The Labute approximate surface area is 153 Å². The van der Waals surface area contributed by atoms with Crippen LogP contribution in [0.2, 0.25) is 0 Å². The van der Waals surface area contributed by atoms with Gasteiger partial charge in [0.2, 0.25) is 11.8 Å². The highest BCUT2D eigenvalue weighted by Gasteiger charge is 2.42. The van der Waals surface area contributed by atoms with Gasteiger partial charge in [-0.25, -0.2) is 0 Å². The lowest BCUT2D eigenvalue weighted by molar-refractivity contribution is -0.158. The van der Waals surface area contributed by atoms with Gasteiger partial charge in [0.15, 0.2) is 0 Å². The van der Waals surface area contributed by atoms with Crippen LogP contribution in [0.1, 0.15) is 12.0 Å². The second kappa shape index (κ2) is 7.12. The third-order valence-electron chi connectivity index (χ3n) is 5.19. The molecule has 0 unspecified atom stereocenters. The minimum atomic E-state index is -0.436. The monoisotopic (exact) mass is 359 g/mol. The van der Waals surface area contributed by atoms with Crippen molar-refractivity contribution in [2.24, 2.45) is 7.05 Å². The number of likely N-dealkylation sites (N-methyl/N-ethyl adjacent to an activating group) is 2. The van der Waals surface area contributed by atoms with Crippen molar-refractivity contribution in [3.63, 3.8) is 0 Å². The molecular formula is C19H25N3O2S. The van der Waals surface area contributed by atoms with E-state index in [9.17, 15) is 9.59 Å². The largest absolute Gasteiger partial charge is 0.350 e. The molecule has 1 aliphatic heterocycles. The lowest BCUT2D eigenvalue weighted by Gasteiger charge is -2.42. The first-order chi connectivity index (χ1) is 12.0. The molecule has 1 saturated heterocycles. The summed E-state index contributed by atoms with van der Waals surface area (Å²) >= 11 is 1.70. The van der Waals surface area contributed by atoms with Crippen molar-refractivity contribution in [1.82, 2.24) is 14.4 Å². The molecule has 1 aromatic heterocycles. The molecule has 0 spiro atoms. The molecule has 0 N–H and O–H groups in total. The fourth-order valence-corrected chi connectivity index (χ4v) is 4.13. The molecule has 25 heavy (non-hydrogen) atoms. The zero-order valence-corrected chi connectivity index (χ0v) is 16.0. The van der Waals surface area contributed by atoms with Crippen LogP contribution in [0, 0.1) is 0 Å². The third kappa shape index (κ3) is 3.15. The summed E-state index contributed by atoms with van der Waals surface area (Å²) in [6, 6.07) is 7.39. The molecule has 1 fully saturated rings. The molecule has 2 atom stereocenters. The fourth-order valence-electron chi connectivity index (χ4n) is 3.68. The van der Waals surface area contributed by atoms with E-state index in [4.69, 9.17) is 0 Å². The van der Waals surface area contributed by atoms with Gasteiger partial charge < -0.3 is 14.4 Å². The summed E-state index contributed by atoms with van der Waals surface area (Å²) in [4.78, 5) is 29.0. The van der Waals surface area contributed by atoms with Gasteiger partial charge in [-0.15, -0.1) is 0 Å². The Balaban J connectivity index is 1.87. The topological polar surface area (TPSA) is 45.6 Å². The molecule has 2 aromatic rings. The van der Waals surface area contributed by atoms with E-state index in [0.29, 0.717) is 12.8 Å². The Kier molecular flexibility index (Phi) is 5.08. The Bertz CT molecular complexity index is 801. The van der Waals surface area contributed by atoms with Crippen molar-refractivity contribution in [3.05, 3.63) is 36.0 Å². The second-order valence-electron chi connectivity index (χ2n) is 6.70. The third-order valence-corrected chi connectivity index (χ3v) is 5.83. The van der Waals surface area contributed by atoms with Gasteiger partial charge in [0.25, 0.3) is 0 Å². The second-order valence-corrected chi connectivity index (χ2v) is 7.68. The van der Waals surface area contributed by atoms with Crippen LogP contribution in [0.5, 0.6) is 0 Å². The molecule has 2 heterocycles. The van der Waals surface area contributed by atoms with Gasteiger partial charge in [-0.2, -0.15) is 11.8 Å². The molecule has 0 radical (unpaired) electrons. The van der Waals surface area contributed by atoms with Gasteiger partial charge in [-0.3, -0.25) is 9.59 Å². The van der Waals surface area contributed by atoms with Gasteiger partial charge in [-0.05, 0) is 30.1 Å². The van der Waals surface area contributed by atoms with Crippen LogP contribution in [-0.2, 0) is 23.1 Å². The van der Waals surface area contributed by atoms with Gasteiger partial charge >= 0.3 is 0 Å². The molecule has 0 bridgehead atoms. The smallest absolute Gasteiger partial charge is 0.246 e. The van der Waals surface area contributed by atoms with E-state index in [1.54, 1.807) is 35.7 Å². The number of fused-ring (bicyclic) bond motifs is 1. The summed E-state index contributed by atoms with van der Waals surface area (Å²) in [6.07, 6.45) is 5.33. The van der Waals surface area contributed by atoms with Crippen LogP contribution >= 0.6 is 11.8 Å². The van der Waals surface area contributed by atoms with E-state index in [1.165, 1.54) is 0 Å². The van der Waals surface area contributed by atoms with Crippen molar-refractivity contribution < 1.29 is 9.59 Å². The van der Waals surface area contributed by atoms with E-state index in [0.717, 1.165) is 22.2 Å². The van der Waals surface area contributed by atoms with E-state index in [-0.39, 0.29) is 17.9 Å². The SMILES string of the molecule is CSCC[C@@H]1C(=O)N(C)[C@H](Cc2cn(C)c3ccccc23)C(=O)N1C. The lowest BCUT2D eigenvalue weighted by atomic mass is 9.98. The van der Waals surface area contributed by atoms with Crippen LogP contribution in [0.15, 0.2) is 30.5 Å². The molecule has 1 aliphatic rings. The van der Waals surface area contributed by atoms with Crippen molar-refractivity contribution in [2.75, 3.05) is 26.1 Å². The number of thioether (sulfide) groups is 1. The standard InChI is InChI=1S/C19H25N3O2S/c1-20-12-13(14-7-5-6-8-15(14)20)11-17-19(24)21(2)16(9-10-25-4)18(23)22(17)3/h5-8,12,16-17H,9-11H2,1-4H3/t16-,17-/m1/s1. The highest BCUT2D eigenvalue weighted by molar-refractivity contribution is 7.98. The normalized spacial score (nSPS) is 21.4. The predicted molar refractivity (Wildman–Crippen MR) is 103 cm³/mol. The molecule has 0 saturated carbocycles. The number of rotatable bonds is 5. The van der Waals surface area contributed by atoms with Crippen LogP contribution < -0.4 is 0 Å². The van der Waals surface area contributed by atoms with Crippen LogP contribution in [0.4, 0.5) is 0 Å². The van der Waals surface area contributed by atoms with Crippen molar-refractivity contribution in [2.45, 2.75) is 24.9 Å². The van der Waals surface area contributed by atoms with Gasteiger partial charge in [0.05, 0.1) is 0 Å². The first kappa shape index (κ1) is 17.9. The minimum absolute atomic E-state index is 0.0288. The molecule has 1 aromatic carbocycles. The average Bonchev–Trinajstić information content (AvgIpc) is 2.93. The number of nitrogens with zero attached hydrogens (tertiary/aromatic N) is 3. The fraction of sp³-hybridized carbons (Fsp3) is 0.474. The van der Waals surface area contributed by atoms with Crippen LogP contribution in [0.25, 0.3) is 10.9 Å². The summed E-state index contributed by atoms with van der Waals surface area (Å²) in [7, 11) is 5.53. The molecule has 6 heteroatoms. The van der Waals surface area contributed by atoms with Crippen LogP contribution in [0.3, 0.4) is 0 Å². The lowest BCUT2D eigenvalue weighted by Crippen LogP contribution is -2.63. The Morgan fingerprint density at radius 2 is 1.64 bits per heavy atom. The van der Waals surface area contributed by atoms with E-state index in [2.05, 4.69) is 22.9 Å². The zero-order chi connectivity index (χ0) is 18.1. The number of aryl methyl sites for hydroxylation is 1. The zero-order valence-electron chi connectivity index (χ0n) is 15.2. The predicted octanol–water partition coefficient (Wildman–Crippen LogP) is 2.14. The van der Waals surface area contributed by atoms with Crippen molar-refractivity contribution in [3.8, 4) is 0 Å². The summed E-state index contributed by atoms with van der Waals surface area (Å²) < 4.78 is 2.07. The number of piperazine rings is 1. The quantitative estimate of drug-likeness (QED) is 0.822. The Morgan fingerprint density at radius 1 is 1.00 bits per heavy atom. The number of amides is 2. The van der Waals surface area contributed by atoms with Crippen molar-refractivity contribution in [1.29, 1.82) is 0 Å². The number of aromatic nitrogens is 1. The maximum atomic E-state index is 12.9.